The Balaban J connectivity index is 1.55. The van der Waals surface area contributed by atoms with Crippen molar-refractivity contribution in [3.05, 3.63) is 72.2 Å². The molecule has 7 nitrogen and oxygen atoms in total. The number of hydrogen-bond acceptors (Lipinski definition) is 4. The lowest BCUT2D eigenvalue weighted by molar-refractivity contribution is 0.323. The first kappa shape index (κ1) is 20.4. The second kappa shape index (κ2) is 10.8. The third-order valence-corrected chi connectivity index (χ3v) is 4.29. The van der Waals surface area contributed by atoms with Crippen LogP contribution in [-0.2, 0) is 13.0 Å². The molecule has 0 bridgehead atoms. The van der Waals surface area contributed by atoms with Crippen molar-refractivity contribution >= 4 is 5.96 Å². The van der Waals surface area contributed by atoms with E-state index in [0.717, 1.165) is 36.7 Å². The summed E-state index contributed by atoms with van der Waals surface area (Å²) in [6.45, 7) is 6.70. The number of guanidine groups is 1. The van der Waals surface area contributed by atoms with Gasteiger partial charge in [0.2, 0.25) is 5.88 Å². The number of aromatic nitrogens is 3. The summed E-state index contributed by atoms with van der Waals surface area (Å²) < 4.78 is 7.43. The van der Waals surface area contributed by atoms with Crippen LogP contribution >= 0.6 is 0 Å². The fourth-order valence-corrected chi connectivity index (χ4v) is 2.88. The Morgan fingerprint density at radius 3 is 2.66 bits per heavy atom. The third-order valence-electron chi connectivity index (χ3n) is 4.29. The number of ether oxygens (including phenoxy) is 1. The Kier molecular flexibility index (Phi) is 7.63. The second-order valence-electron chi connectivity index (χ2n) is 6.39. The molecule has 0 aliphatic carbocycles. The minimum absolute atomic E-state index is 0.511. The molecular weight excluding hydrogens is 364 g/mol. The molecule has 0 fully saturated rings. The van der Waals surface area contributed by atoms with Crippen molar-refractivity contribution in [2.45, 2.75) is 26.8 Å². The van der Waals surface area contributed by atoms with Crippen molar-refractivity contribution in [2.75, 3.05) is 19.7 Å². The van der Waals surface area contributed by atoms with Crippen LogP contribution in [0.3, 0.4) is 0 Å². The fourth-order valence-electron chi connectivity index (χ4n) is 2.88. The van der Waals surface area contributed by atoms with Gasteiger partial charge in [-0.1, -0.05) is 18.2 Å². The van der Waals surface area contributed by atoms with Gasteiger partial charge in [-0.2, -0.15) is 5.10 Å². The topological polar surface area (TPSA) is 76.4 Å². The zero-order valence-electron chi connectivity index (χ0n) is 17.0. The molecule has 0 aliphatic heterocycles. The van der Waals surface area contributed by atoms with Crippen LogP contribution in [0, 0.1) is 0 Å². The van der Waals surface area contributed by atoms with Crippen LogP contribution in [0.25, 0.3) is 5.69 Å². The van der Waals surface area contributed by atoms with E-state index in [-0.39, 0.29) is 0 Å². The highest BCUT2D eigenvalue weighted by atomic mass is 16.5. The summed E-state index contributed by atoms with van der Waals surface area (Å²) in [5.41, 5.74) is 3.29. The van der Waals surface area contributed by atoms with E-state index >= 15 is 0 Å². The molecule has 0 amide bonds. The fraction of sp³-hybridized carbons (Fsp3) is 0.318. The lowest BCUT2D eigenvalue weighted by Gasteiger charge is -2.12. The molecule has 2 aromatic heterocycles. The van der Waals surface area contributed by atoms with Gasteiger partial charge < -0.3 is 15.4 Å². The van der Waals surface area contributed by atoms with Crippen molar-refractivity contribution in [2.24, 2.45) is 4.99 Å². The Morgan fingerprint density at radius 1 is 1.07 bits per heavy atom. The molecule has 29 heavy (non-hydrogen) atoms. The van der Waals surface area contributed by atoms with Crippen molar-refractivity contribution < 1.29 is 4.74 Å². The summed E-state index contributed by atoms with van der Waals surface area (Å²) in [7, 11) is 0. The summed E-state index contributed by atoms with van der Waals surface area (Å²) in [6.07, 6.45) is 6.36. The molecule has 7 heteroatoms. The number of rotatable bonds is 9. The maximum absolute atomic E-state index is 5.58. The van der Waals surface area contributed by atoms with E-state index in [0.29, 0.717) is 19.0 Å². The van der Waals surface area contributed by atoms with Gasteiger partial charge in [0.05, 0.1) is 18.8 Å². The molecule has 0 saturated carbocycles. The molecule has 2 N–H and O–H groups in total. The predicted octanol–water partition coefficient (Wildman–Crippen LogP) is 2.96. The van der Waals surface area contributed by atoms with Crippen LogP contribution in [-0.4, -0.2) is 40.4 Å². The van der Waals surface area contributed by atoms with E-state index in [1.807, 2.05) is 36.0 Å². The largest absolute Gasteiger partial charge is 0.478 e. The number of nitrogens with one attached hydrogen (secondary N) is 2. The minimum Gasteiger partial charge on any atom is -0.478 e. The van der Waals surface area contributed by atoms with Gasteiger partial charge in [-0.3, -0.25) is 0 Å². The van der Waals surface area contributed by atoms with Crippen molar-refractivity contribution in [3.8, 4) is 11.6 Å². The van der Waals surface area contributed by atoms with Gasteiger partial charge in [0.25, 0.3) is 0 Å². The maximum atomic E-state index is 5.58. The molecule has 2 heterocycles. The number of aliphatic imine (C=N–C) groups is 1. The number of hydrogen-bond donors (Lipinski definition) is 2. The normalized spacial score (nSPS) is 11.3. The Labute approximate surface area is 171 Å². The monoisotopic (exact) mass is 392 g/mol. The predicted molar refractivity (Wildman–Crippen MR) is 115 cm³/mol. The summed E-state index contributed by atoms with van der Waals surface area (Å²) in [6, 6.07) is 14.2. The van der Waals surface area contributed by atoms with E-state index in [1.54, 1.807) is 12.4 Å². The second-order valence-corrected chi connectivity index (χ2v) is 6.39. The molecule has 0 spiro atoms. The Morgan fingerprint density at radius 2 is 1.93 bits per heavy atom. The van der Waals surface area contributed by atoms with Gasteiger partial charge in [0.1, 0.15) is 0 Å². The Hall–Kier alpha value is -3.35. The number of nitrogens with zero attached hydrogens (tertiary/aromatic N) is 4. The van der Waals surface area contributed by atoms with Crippen molar-refractivity contribution in [1.82, 2.24) is 25.4 Å². The minimum atomic E-state index is 0.511. The summed E-state index contributed by atoms with van der Waals surface area (Å²) in [5.74, 6) is 1.43. The van der Waals surface area contributed by atoms with E-state index in [1.165, 1.54) is 5.56 Å². The summed E-state index contributed by atoms with van der Waals surface area (Å²) in [4.78, 5) is 8.95. The zero-order chi connectivity index (χ0) is 20.3. The molecule has 1 aromatic carbocycles. The summed E-state index contributed by atoms with van der Waals surface area (Å²) >= 11 is 0. The standard InChI is InChI=1S/C22H28N6O/c1-3-23-22(26-17-19-7-5-13-24-21(19)29-4-2)25-15-12-18-8-10-20(11-9-18)28-16-6-14-27-28/h5-11,13-14,16H,3-4,12,15,17H2,1-2H3,(H2,23,25,26). The molecule has 152 valence electrons. The molecular formula is C22H28N6O. The smallest absolute Gasteiger partial charge is 0.218 e. The first-order valence-electron chi connectivity index (χ1n) is 9.98. The molecule has 0 aliphatic rings. The SMILES string of the molecule is CCNC(=NCc1cccnc1OCC)NCCc1ccc(-n2cccn2)cc1. The number of pyridine rings is 1. The highest BCUT2D eigenvalue weighted by Gasteiger charge is 2.05. The molecule has 0 radical (unpaired) electrons. The van der Waals surface area contributed by atoms with E-state index in [4.69, 9.17) is 4.74 Å². The van der Waals surface area contributed by atoms with Gasteiger partial charge in [-0.25, -0.2) is 14.7 Å². The van der Waals surface area contributed by atoms with E-state index < -0.39 is 0 Å². The first-order chi connectivity index (χ1) is 14.3. The molecule has 0 unspecified atom stereocenters. The van der Waals surface area contributed by atoms with Gasteiger partial charge in [-0.05, 0) is 50.1 Å². The van der Waals surface area contributed by atoms with Gasteiger partial charge in [0.15, 0.2) is 5.96 Å². The molecule has 0 atom stereocenters. The molecule has 0 saturated heterocycles. The Bertz CT molecular complexity index is 890. The summed E-state index contributed by atoms with van der Waals surface area (Å²) in [5, 5.41) is 10.9. The lowest BCUT2D eigenvalue weighted by Crippen LogP contribution is -2.38. The lowest BCUT2D eigenvalue weighted by atomic mass is 10.1. The van der Waals surface area contributed by atoms with Crippen LogP contribution in [0.1, 0.15) is 25.0 Å². The third kappa shape index (κ3) is 6.07. The molecule has 3 rings (SSSR count). The van der Waals surface area contributed by atoms with Crippen molar-refractivity contribution in [1.29, 1.82) is 0 Å². The van der Waals surface area contributed by atoms with E-state index in [9.17, 15) is 0 Å². The van der Waals surface area contributed by atoms with Gasteiger partial charge in [0, 0.05) is 37.2 Å². The van der Waals surface area contributed by atoms with Crippen LogP contribution in [0.5, 0.6) is 5.88 Å². The highest BCUT2D eigenvalue weighted by Crippen LogP contribution is 2.15. The number of benzene rings is 1. The molecule has 3 aromatic rings. The van der Waals surface area contributed by atoms with Gasteiger partial charge >= 0.3 is 0 Å². The highest BCUT2D eigenvalue weighted by molar-refractivity contribution is 5.79. The average molecular weight is 393 g/mol. The van der Waals surface area contributed by atoms with Crippen molar-refractivity contribution in [3.63, 3.8) is 0 Å². The van der Waals surface area contributed by atoms with Crippen LogP contribution < -0.4 is 15.4 Å². The zero-order valence-corrected chi connectivity index (χ0v) is 17.0. The maximum Gasteiger partial charge on any atom is 0.218 e. The quantitative estimate of drug-likeness (QED) is 0.432. The van der Waals surface area contributed by atoms with Crippen LogP contribution in [0.2, 0.25) is 0 Å². The average Bonchev–Trinajstić information content (AvgIpc) is 3.28. The van der Waals surface area contributed by atoms with Crippen LogP contribution in [0.15, 0.2) is 66.0 Å². The first-order valence-corrected chi connectivity index (χ1v) is 9.98. The van der Waals surface area contributed by atoms with E-state index in [2.05, 4.69) is 56.9 Å². The van der Waals surface area contributed by atoms with Crippen LogP contribution in [0.4, 0.5) is 0 Å². The van der Waals surface area contributed by atoms with Gasteiger partial charge in [-0.15, -0.1) is 0 Å².